The molecule has 11 nitrogen and oxygen atoms in total. The summed E-state index contributed by atoms with van der Waals surface area (Å²) in [4.78, 5) is 11.9. The maximum atomic E-state index is 11.9. The Balaban J connectivity index is 2.12. The van der Waals surface area contributed by atoms with Crippen molar-refractivity contribution in [2.75, 3.05) is 19.8 Å². The number of carbonyl (C=O) groups is 1. The molecule has 1 saturated carbocycles. The van der Waals surface area contributed by atoms with E-state index in [-0.39, 0.29) is 6.42 Å². The molecule has 0 unspecified atom stereocenters. The minimum Gasteiger partial charge on any atom is -0.396 e. The molecule has 200 valence electrons. The van der Waals surface area contributed by atoms with Crippen LogP contribution in [0.1, 0.15) is 58.8 Å². The molecule has 0 aromatic heterocycles. The molecule has 1 amide bonds. The van der Waals surface area contributed by atoms with Gasteiger partial charge in [-0.15, -0.1) is 0 Å². The van der Waals surface area contributed by atoms with Crippen LogP contribution in [0.15, 0.2) is 0 Å². The van der Waals surface area contributed by atoms with Gasteiger partial charge in [0.05, 0.1) is 18.8 Å². The third-order valence-electron chi connectivity index (χ3n) is 6.67. The van der Waals surface area contributed by atoms with Crippen LogP contribution >= 0.6 is 0 Å². The van der Waals surface area contributed by atoms with Gasteiger partial charge in [0, 0.05) is 26.1 Å². The number of unbranched alkanes of at least 4 members (excludes halogenated alkanes) is 5. The molecule has 1 saturated heterocycles. The maximum absolute atomic E-state index is 11.9. The summed E-state index contributed by atoms with van der Waals surface area (Å²) < 4.78 is 17.6. The predicted octanol–water partition coefficient (Wildman–Crippen LogP) is -1.20. The molecule has 0 radical (unpaired) electrons. The molecule has 34 heavy (non-hydrogen) atoms. The number of aliphatic hydroxyl groups is 6. The lowest BCUT2D eigenvalue weighted by Gasteiger charge is -2.47. The normalized spacial score (nSPS) is 38.6. The van der Waals surface area contributed by atoms with Gasteiger partial charge in [0.2, 0.25) is 5.91 Å². The first-order valence-electron chi connectivity index (χ1n) is 12.4. The average Bonchev–Trinajstić information content (AvgIpc) is 2.81. The molecule has 10 atom stereocenters. The van der Waals surface area contributed by atoms with Crippen molar-refractivity contribution in [1.82, 2.24) is 5.32 Å². The van der Waals surface area contributed by atoms with Crippen LogP contribution in [-0.2, 0) is 19.0 Å². The highest BCUT2D eigenvalue weighted by Crippen LogP contribution is 2.32. The molecule has 11 heteroatoms. The second-order valence-electron chi connectivity index (χ2n) is 9.37. The standard InChI is InChI=1S/C23H43NO10/c1-3-4-5-6-7-8-9-32-23-17(24-13(2)27)22(20(30)16(12-26)34-23)33-15-10-14(11-25)18(28)21(31)19(15)29/h14-23,25-26,28-31H,3-12H2,1-2H3,(H,24,27)/t14-,15-,16-,17-,18+,19+,20-,21+,22-,23-/m1/s1. The van der Waals surface area contributed by atoms with Crippen molar-refractivity contribution in [3.8, 4) is 0 Å². The van der Waals surface area contributed by atoms with Crippen LogP contribution in [0, 0.1) is 5.92 Å². The number of ether oxygens (including phenoxy) is 3. The van der Waals surface area contributed by atoms with Crippen LogP contribution in [0.4, 0.5) is 0 Å². The fraction of sp³-hybridized carbons (Fsp3) is 0.957. The van der Waals surface area contributed by atoms with E-state index in [9.17, 15) is 35.4 Å². The Morgan fingerprint density at radius 1 is 0.941 bits per heavy atom. The fourth-order valence-corrected chi connectivity index (χ4v) is 4.64. The molecular formula is C23H43NO10. The van der Waals surface area contributed by atoms with E-state index < -0.39 is 80.1 Å². The average molecular weight is 494 g/mol. The lowest BCUT2D eigenvalue weighted by Crippen LogP contribution is -2.67. The van der Waals surface area contributed by atoms with E-state index in [0.29, 0.717) is 6.61 Å². The van der Waals surface area contributed by atoms with Crippen molar-refractivity contribution < 1.29 is 49.6 Å². The number of rotatable bonds is 13. The van der Waals surface area contributed by atoms with Gasteiger partial charge in [-0.05, 0) is 12.8 Å². The summed E-state index contributed by atoms with van der Waals surface area (Å²) >= 11 is 0. The van der Waals surface area contributed by atoms with Gasteiger partial charge in [-0.1, -0.05) is 39.0 Å². The third-order valence-corrected chi connectivity index (χ3v) is 6.67. The SMILES string of the molecule is CCCCCCCCO[C@@H]1O[C@H](CO)[C@@H](O)[C@H](O[C@@H]2C[C@H](CO)[C@H](O)[C@H](O)[C@H]2O)[C@H]1NC(C)=O. The summed E-state index contributed by atoms with van der Waals surface area (Å²) in [6.07, 6.45) is -3.69. The molecule has 2 rings (SSSR count). The maximum Gasteiger partial charge on any atom is 0.217 e. The van der Waals surface area contributed by atoms with E-state index in [4.69, 9.17) is 14.2 Å². The molecule has 0 bridgehead atoms. The van der Waals surface area contributed by atoms with Gasteiger partial charge in [-0.3, -0.25) is 4.79 Å². The van der Waals surface area contributed by atoms with E-state index in [0.717, 1.165) is 32.1 Å². The van der Waals surface area contributed by atoms with Gasteiger partial charge >= 0.3 is 0 Å². The minimum absolute atomic E-state index is 0.0137. The molecule has 0 aromatic rings. The Morgan fingerprint density at radius 2 is 1.62 bits per heavy atom. The topological polar surface area (TPSA) is 178 Å². The zero-order valence-electron chi connectivity index (χ0n) is 20.2. The molecule has 2 fully saturated rings. The lowest BCUT2D eigenvalue weighted by atomic mass is 9.81. The van der Waals surface area contributed by atoms with Gasteiger partial charge in [0.1, 0.15) is 36.6 Å². The van der Waals surface area contributed by atoms with E-state index >= 15 is 0 Å². The first-order valence-corrected chi connectivity index (χ1v) is 12.4. The van der Waals surface area contributed by atoms with Crippen molar-refractivity contribution in [2.45, 2.75) is 114 Å². The second kappa shape index (κ2) is 14.6. The largest absolute Gasteiger partial charge is 0.396 e. The number of carbonyl (C=O) groups excluding carboxylic acids is 1. The van der Waals surface area contributed by atoms with Crippen LogP contribution in [-0.4, -0.2) is 111 Å². The van der Waals surface area contributed by atoms with E-state index in [1.165, 1.54) is 13.3 Å². The van der Waals surface area contributed by atoms with E-state index in [1.54, 1.807) is 0 Å². The minimum atomic E-state index is -1.56. The van der Waals surface area contributed by atoms with Crippen LogP contribution in [0.2, 0.25) is 0 Å². The van der Waals surface area contributed by atoms with Crippen molar-refractivity contribution in [3.63, 3.8) is 0 Å². The molecule has 2 aliphatic rings. The molecule has 7 N–H and O–H groups in total. The van der Waals surface area contributed by atoms with Gasteiger partial charge in [-0.25, -0.2) is 0 Å². The van der Waals surface area contributed by atoms with Gasteiger partial charge in [0.25, 0.3) is 0 Å². The summed E-state index contributed by atoms with van der Waals surface area (Å²) in [5.74, 6) is -1.16. The molecule has 0 spiro atoms. The Kier molecular flexibility index (Phi) is 12.6. The summed E-state index contributed by atoms with van der Waals surface area (Å²) in [7, 11) is 0. The van der Waals surface area contributed by atoms with Gasteiger partial charge in [0.15, 0.2) is 6.29 Å². The smallest absolute Gasteiger partial charge is 0.217 e. The van der Waals surface area contributed by atoms with Crippen LogP contribution in [0.3, 0.4) is 0 Å². The van der Waals surface area contributed by atoms with Gasteiger partial charge < -0.3 is 50.2 Å². The van der Waals surface area contributed by atoms with Crippen molar-refractivity contribution in [1.29, 1.82) is 0 Å². The van der Waals surface area contributed by atoms with E-state index in [2.05, 4.69) is 12.2 Å². The molecular weight excluding hydrogens is 450 g/mol. The highest BCUT2D eigenvalue weighted by molar-refractivity contribution is 5.73. The fourth-order valence-electron chi connectivity index (χ4n) is 4.64. The summed E-state index contributed by atoms with van der Waals surface area (Å²) in [5, 5.41) is 63.5. The Morgan fingerprint density at radius 3 is 2.24 bits per heavy atom. The number of amides is 1. The van der Waals surface area contributed by atoms with Gasteiger partial charge in [-0.2, -0.15) is 0 Å². The predicted molar refractivity (Wildman–Crippen MR) is 121 cm³/mol. The van der Waals surface area contributed by atoms with Crippen molar-refractivity contribution in [2.24, 2.45) is 5.92 Å². The highest BCUT2D eigenvalue weighted by atomic mass is 16.7. The molecule has 1 heterocycles. The monoisotopic (exact) mass is 493 g/mol. The number of hydrogen-bond acceptors (Lipinski definition) is 10. The van der Waals surface area contributed by atoms with E-state index in [1.807, 2.05) is 0 Å². The zero-order valence-corrected chi connectivity index (χ0v) is 20.2. The highest BCUT2D eigenvalue weighted by Gasteiger charge is 2.50. The number of nitrogens with one attached hydrogen (secondary N) is 1. The first-order chi connectivity index (χ1) is 16.2. The zero-order chi connectivity index (χ0) is 25.3. The summed E-state index contributed by atoms with van der Waals surface area (Å²) in [6.45, 7) is 2.83. The van der Waals surface area contributed by atoms with Crippen LogP contribution < -0.4 is 5.32 Å². The van der Waals surface area contributed by atoms with Crippen molar-refractivity contribution >= 4 is 5.91 Å². The Hall–Kier alpha value is -0.890. The molecule has 1 aliphatic carbocycles. The molecule has 0 aromatic carbocycles. The summed E-state index contributed by atoms with van der Waals surface area (Å²) in [5.41, 5.74) is 0. The third kappa shape index (κ3) is 7.81. The Labute approximate surface area is 201 Å². The number of aliphatic hydroxyl groups excluding tert-OH is 6. The van der Waals surface area contributed by atoms with Crippen LogP contribution in [0.5, 0.6) is 0 Å². The summed E-state index contributed by atoms with van der Waals surface area (Å²) in [6, 6.07) is -0.959. The quantitative estimate of drug-likeness (QED) is 0.154. The number of hydrogen-bond donors (Lipinski definition) is 7. The Bertz CT molecular complexity index is 594. The first kappa shape index (κ1) is 29.3. The lowest BCUT2D eigenvalue weighted by molar-refractivity contribution is -0.293. The van der Waals surface area contributed by atoms with Crippen LogP contribution in [0.25, 0.3) is 0 Å². The second-order valence-corrected chi connectivity index (χ2v) is 9.37. The van der Waals surface area contributed by atoms with Crippen molar-refractivity contribution in [3.05, 3.63) is 0 Å². The molecule has 1 aliphatic heterocycles.